The van der Waals surface area contributed by atoms with Crippen molar-refractivity contribution in [1.29, 1.82) is 0 Å². The van der Waals surface area contributed by atoms with Gasteiger partial charge in [0.1, 0.15) is 0 Å². The lowest BCUT2D eigenvalue weighted by Crippen LogP contribution is -2.30. The topological polar surface area (TPSA) is 29.3 Å². The molecule has 1 unspecified atom stereocenters. The fourth-order valence-corrected chi connectivity index (χ4v) is 2.39. The van der Waals surface area contributed by atoms with Gasteiger partial charge in [0, 0.05) is 12.6 Å². The third kappa shape index (κ3) is 5.19. The van der Waals surface area contributed by atoms with E-state index in [1.807, 2.05) is 0 Å². The van der Waals surface area contributed by atoms with Crippen LogP contribution in [-0.4, -0.2) is 25.0 Å². The number of nitrogens with zero attached hydrogens (tertiary/aromatic N) is 1. The van der Waals surface area contributed by atoms with Gasteiger partial charge in [-0.25, -0.2) is 0 Å². The summed E-state index contributed by atoms with van der Waals surface area (Å²) in [5, 5.41) is 0. The van der Waals surface area contributed by atoms with E-state index in [4.69, 9.17) is 5.73 Å². The molecular weight excluding hydrogens is 220 g/mol. The van der Waals surface area contributed by atoms with Crippen molar-refractivity contribution in [3.63, 3.8) is 0 Å². The van der Waals surface area contributed by atoms with Crippen molar-refractivity contribution in [2.75, 3.05) is 20.1 Å². The predicted octanol–water partition coefficient (Wildman–Crippen LogP) is 3.43. The molecule has 0 heterocycles. The van der Waals surface area contributed by atoms with Crippen LogP contribution in [0.1, 0.15) is 48.9 Å². The van der Waals surface area contributed by atoms with E-state index in [2.05, 4.69) is 50.9 Å². The fraction of sp³-hybridized carbons (Fsp3) is 0.625. The molecule has 1 aromatic rings. The molecule has 0 amide bonds. The zero-order valence-corrected chi connectivity index (χ0v) is 12.4. The van der Waals surface area contributed by atoms with Crippen LogP contribution < -0.4 is 5.73 Å². The highest BCUT2D eigenvalue weighted by Crippen LogP contribution is 2.16. The smallest absolute Gasteiger partial charge is 0.0424 e. The molecule has 102 valence electrons. The number of hydrogen-bond donors (Lipinski definition) is 1. The highest BCUT2D eigenvalue weighted by molar-refractivity contribution is 5.30. The quantitative estimate of drug-likeness (QED) is 0.749. The summed E-state index contributed by atoms with van der Waals surface area (Å²) in [6.07, 6.45) is 3.85. The second-order valence-electron chi connectivity index (χ2n) is 5.50. The van der Waals surface area contributed by atoms with Gasteiger partial charge in [0.2, 0.25) is 0 Å². The van der Waals surface area contributed by atoms with Crippen LogP contribution in [0.5, 0.6) is 0 Å². The second kappa shape index (κ2) is 7.55. The first-order valence-electron chi connectivity index (χ1n) is 7.05. The van der Waals surface area contributed by atoms with Crippen molar-refractivity contribution in [2.24, 2.45) is 5.73 Å². The maximum atomic E-state index is 6.30. The van der Waals surface area contributed by atoms with Gasteiger partial charge in [0.15, 0.2) is 0 Å². The van der Waals surface area contributed by atoms with Gasteiger partial charge in [-0.2, -0.15) is 0 Å². The molecule has 1 atom stereocenters. The van der Waals surface area contributed by atoms with Gasteiger partial charge >= 0.3 is 0 Å². The van der Waals surface area contributed by atoms with Crippen molar-refractivity contribution in [3.05, 3.63) is 34.9 Å². The van der Waals surface area contributed by atoms with Gasteiger partial charge in [0.05, 0.1) is 0 Å². The van der Waals surface area contributed by atoms with Crippen LogP contribution in [0.25, 0.3) is 0 Å². The first-order chi connectivity index (χ1) is 8.52. The zero-order chi connectivity index (χ0) is 13.5. The average Bonchev–Trinajstić information content (AvgIpc) is 2.28. The van der Waals surface area contributed by atoms with Crippen LogP contribution in [0.4, 0.5) is 0 Å². The summed E-state index contributed by atoms with van der Waals surface area (Å²) in [7, 11) is 2.16. The molecule has 0 spiro atoms. The number of hydrogen-bond acceptors (Lipinski definition) is 2. The summed E-state index contributed by atoms with van der Waals surface area (Å²) < 4.78 is 0. The highest BCUT2D eigenvalue weighted by Gasteiger charge is 2.09. The molecule has 18 heavy (non-hydrogen) atoms. The number of nitrogens with two attached hydrogens (primary N) is 1. The summed E-state index contributed by atoms with van der Waals surface area (Å²) in [6, 6.07) is 6.73. The zero-order valence-electron chi connectivity index (χ0n) is 12.4. The minimum Gasteiger partial charge on any atom is -0.323 e. The Hall–Kier alpha value is -0.860. The SMILES string of the molecule is CCCCCN(C)CC(N)c1cc(C)cc(C)c1. The van der Waals surface area contributed by atoms with E-state index in [9.17, 15) is 0 Å². The molecule has 0 aliphatic carbocycles. The normalized spacial score (nSPS) is 13.0. The summed E-state index contributed by atoms with van der Waals surface area (Å²) in [5.41, 5.74) is 10.2. The molecule has 0 aliphatic heterocycles. The van der Waals surface area contributed by atoms with E-state index in [1.54, 1.807) is 0 Å². The molecule has 0 aliphatic rings. The monoisotopic (exact) mass is 248 g/mol. The largest absolute Gasteiger partial charge is 0.323 e. The fourth-order valence-electron chi connectivity index (χ4n) is 2.39. The first kappa shape index (κ1) is 15.2. The average molecular weight is 248 g/mol. The molecule has 2 heteroatoms. The highest BCUT2D eigenvalue weighted by atomic mass is 15.1. The third-order valence-corrected chi connectivity index (χ3v) is 3.32. The number of likely N-dealkylation sites (N-methyl/N-ethyl adjacent to an activating group) is 1. The molecule has 0 radical (unpaired) electrons. The lowest BCUT2D eigenvalue weighted by molar-refractivity contribution is 0.305. The van der Waals surface area contributed by atoms with E-state index in [0.717, 1.165) is 13.1 Å². The van der Waals surface area contributed by atoms with E-state index < -0.39 is 0 Å². The Morgan fingerprint density at radius 1 is 1.11 bits per heavy atom. The second-order valence-corrected chi connectivity index (χ2v) is 5.50. The van der Waals surface area contributed by atoms with Crippen LogP contribution in [0, 0.1) is 13.8 Å². The van der Waals surface area contributed by atoms with Crippen molar-refractivity contribution in [2.45, 2.75) is 46.1 Å². The Morgan fingerprint density at radius 3 is 2.28 bits per heavy atom. The molecule has 1 aromatic carbocycles. The lowest BCUT2D eigenvalue weighted by atomic mass is 10.0. The number of aryl methyl sites for hydroxylation is 2. The van der Waals surface area contributed by atoms with Crippen molar-refractivity contribution < 1.29 is 0 Å². The third-order valence-electron chi connectivity index (χ3n) is 3.32. The minimum atomic E-state index is 0.121. The molecule has 0 fully saturated rings. The summed E-state index contributed by atoms with van der Waals surface area (Å²) in [5.74, 6) is 0. The van der Waals surface area contributed by atoms with Crippen LogP contribution in [0.3, 0.4) is 0 Å². The van der Waals surface area contributed by atoms with Gasteiger partial charge < -0.3 is 10.6 Å². The van der Waals surface area contributed by atoms with E-state index >= 15 is 0 Å². The lowest BCUT2D eigenvalue weighted by Gasteiger charge is -2.22. The van der Waals surface area contributed by atoms with Gasteiger partial charge in [-0.15, -0.1) is 0 Å². The number of unbranched alkanes of at least 4 members (excludes halogenated alkanes) is 2. The van der Waals surface area contributed by atoms with Crippen LogP contribution in [0.15, 0.2) is 18.2 Å². The Bertz CT molecular complexity index is 340. The molecule has 2 N–H and O–H groups in total. The first-order valence-corrected chi connectivity index (χ1v) is 7.05. The Balaban J connectivity index is 2.50. The predicted molar refractivity (Wildman–Crippen MR) is 79.9 cm³/mol. The molecule has 0 aromatic heterocycles. The summed E-state index contributed by atoms with van der Waals surface area (Å²) in [6.45, 7) is 8.59. The van der Waals surface area contributed by atoms with Crippen molar-refractivity contribution in [1.82, 2.24) is 4.90 Å². The van der Waals surface area contributed by atoms with Gasteiger partial charge in [-0.05, 0) is 39.4 Å². The minimum absolute atomic E-state index is 0.121. The van der Waals surface area contributed by atoms with Crippen LogP contribution >= 0.6 is 0 Å². The maximum Gasteiger partial charge on any atom is 0.0424 e. The summed E-state index contributed by atoms with van der Waals surface area (Å²) in [4.78, 5) is 2.35. The van der Waals surface area contributed by atoms with Gasteiger partial charge in [0.25, 0.3) is 0 Å². The molecule has 2 nitrogen and oxygen atoms in total. The van der Waals surface area contributed by atoms with Crippen molar-refractivity contribution >= 4 is 0 Å². The molecule has 0 saturated heterocycles. The molecule has 0 bridgehead atoms. The van der Waals surface area contributed by atoms with Crippen LogP contribution in [0.2, 0.25) is 0 Å². The van der Waals surface area contributed by atoms with Crippen molar-refractivity contribution in [3.8, 4) is 0 Å². The van der Waals surface area contributed by atoms with E-state index in [1.165, 1.54) is 36.0 Å². The molecule has 0 saturated carbocycles. The van der Waals surface area contributed by atoms with E-state index in [-0.39, 0.29) is 6.04 Å². The van der Waals surface area contributed by atoms with E-state index in [0.29, 0.717) is 0 Å². The number of rotatable bonds is 7. The molecule has 1 rings (SSSR count). The van der Waals surface area contributed by atoms with Gasteiger partial charge in [-0.1, -0.05) is 49.1 Å². The Labute approximate surface area is 112 Å². The number of benzene rings is 1. The summed E-state index contributed by atoms with van der Waals surface area (Å²) >= 11 is 0. The van der Waals surface area contributed by atoms with Gasteiger partial charge in [-0.3, -0.25) is 0 Å². The van der Waals surface area contributed by atoms with Crippen LogP contribution in [-0.2, 0) is 0 Å². The maximum absolute atomic E-state index is 6.30. The Kier molecular flexibility index (Phi) is 6.37. The standard InChI is InChI=1S/C16H28N2/c1-5-6-7-8-18(4)12-16(17)15-10-13(2)9-14(3)11-15/h9-11,16H,5-8,12,17H2,1-4H3. The molecular formula is C16H28N2. The Morgan fingerprint density at radius 2 is 1.72 bits per heavy atom.